The summed E-state index contributed by atoms with van der Waals surface area (Å²) in [5, 5.41) is 10.1. The van der Waals surface area contributed by atoms with E-state index in [0.29, 0.717) is 26.0 Å². The normalized spacial score (nSPS) is 20.2. The Kier molecular flexibility index (Phi) is 6.43. The summed E-state index contributed by atoms with van der Waals surface area (Å²) in [6.07, 6.45) is 3.65. The molecule has 2 aliphatic heterocycles. The summed E-state index contributed by atoms with van der Waals surface area (Å²) in [7, 11) is 0. The molecule has 1 N–H and O–H groups in total. The van der Waals surface area contributed by atoms with Gasteiger partial charge in [-0.15, -0.1) is 0 Å². The second kappa shape index (κ2) is 9.39. The van der Waals surface area contributed by atoms with Gasteiger partial charge in [0.05, 0.1) is 13.2 Å². The Morgan fingerprint density at radius 2 is 1.97 bits per heavy atom. The second-order valence-corrected chi connectivity index (χ2v) is 8.18. The number of aryl methyl sites for hydroxylation is 1. The zero-order chi connectivity index (χ0) is 20.8. The molecule has 0 bridgehead atoms. The van der Waals surface area contributed by atoms with Gasteiger partial charge in [-0.1, -0.05) is 24.3 Å². The van der Waals surface area contributed by atoms with Gasteiger partial charge in [0.15, 0.2) is 11.5 Å². The van der Waals surface area contributed by atoms with Crippen LogP contribution in [0.25, 0.3) is 0 Å². The lowest BCUT2D eigenvalue weighted by atomic mass is 9.78. The molecule has 0 radical (unpaired) electrons. The minimum atomic E-state index is -0.290. The third kappa shape index (κ3) is 4.87. The maximum Gasteiger partial charge on any atom is 0.231 e. The topological polar surface area (TPSA) is 68.2 Å². The van der Waals surface area contributed by atoms with E-state index < -0.39 is 0 Å². The van der Waals surface area contributed by atoms with E-state index in [0.717, 1.165) is 48.6 Å². The molecule has 160 valence electrons. The van der Waals surface area contributed by atoms with Gasteiger partial charge < -0.3 is 24.2 Å². The summed E-state index contributed by atoms with van der Waals surface area (Å²) in [6, 6.07) is 15.5. The number of aliphatic hydroxyl groups excluding tert-OH is 1. The lowest BCUT2D eigenvalue weighted by Crippen LogP contribution is -2.48. The van der Waals surface area contributed by atoms with E-state index >= 15 is 0 Å². The molecule has 0 saturated carbocycles. The number of para-hydroxylation sites is 1. The summed E-state index contributed by atoms with van der Waals surface area (Å²) in [5.41, 5.74) is 0.774. The van der Waals surface area contributed by atoms with Gasteiger partial charge in [-0.3, -0.25) is 4.79 Å². The van der Waals surface area contributed by atoms with Crippen molar-refractivity contribution in [3.63, 3.8) is 0 Å². The minimum Gasteiger partial charge on any atom is -0.494 e. The first-order chi connectivity index (χ1) is 14.7. The Hall–Kier alpha value is -2.73. The Labute approximate surface area is 177 Å². The molecule has 1 fully saturated rings. The van der Waals surface area contributed by atoms with Gasteiger partial charge in [0.25, 0.3) is 0 Å². The van der Waals surface area contributed by atoms with E-state index in [4.69, 9.17) is 14.2 Å². The number of carbonyl (C=O) groups excluding carboxylic acids is 1. The van der Waals surface area contributed by atoms with Crippen molar-refractivity contribution in [2.75, 3.05) is 33.1 Å². The van der Waals surface area contributed by atoms with Crippen LogP contribution in [0.4, 0.5) is 0 Å². The highest BCUT2D eigenvalue weighted by Crippen LogP contribution is 2.35. The molecule has 1 atom stereocenters. The number of hydrogen-bond donors (Lipinski definition) is 1. The number of aliphatic hydroxyl groups is 1. The highest BCUT2D eigenvalue weighted by Gasteiger charge is 2.36. The Bertz CT molecular complexity index is 856. The van der Waals surface area contributed by atoms with Crippen molar-refractivity contribution in [3.8, 4) is 17.2 Å². The molecular formula is C24H29NO5. The van der Waals surface area contributed by atoms with Crippen molar-refractivity contribution in [2.45, 2.75) is 32.1 Å². The smallest absolute Gasteiger partial charge is 0.231 e. The highest BCUT2D eigenvalue weighted by atomic mass is 16.7. The molecule has 2 aromatic rings. The summed E-state index contributed by atoms with van der Waals surface area (Å²) < 4.78 is 16.6. The standard InChI is InChI=1S/C24H29NO5/c26-17-24(12-14-28-20-5-2-1-3-6-20)11-4-13-25(16-24)23(27)10-8-19-7-9-21-22(15-19)30-18-29-21/h1-3,5-7,9,15,26H,4,8,10-14,16-18H2/t24-/m1/s1. The number of piperidine rings is 1. The summed E-state index contributed by atoms with van der Waals surface area (Å²) in [6.45, 7) is 2.19. The van der Waals surface area contributed by atoms with Crippen LogP contribution in [0.3, 0.4) is 0 Å². The molecule has 6 heteroatoms. The van der Waals surface area contributed by atoms with Crippen LogP contribution in [0.2, 0.25) is 0 Å². The van der Waals surface area contributed by atoms with Crippen LogP contribution in [0, 0.1) is 5.41 Å². The largest absolute Gasteiger partial charge is 0.494 e. The third-order valence-corrected chi connectivity index (χ3v) is 6.06. The molecule has 0 aliphatic carbocycles. The number of rotatable bonds is 8. The fourth-order valence-electron chi connectivity index (χ4n) is 4.24. The molecule has 0 aromatic heterocycles. The molecule has 1 amide bonds. The van der Waals surface area contributed by atoms with Crippen molar-refractivity contribution in [1.82, 2.24) is 4.90 Å². The molecule has 30 heavy (non-hydrogen) atoms. The Balaban J connectivity index is 1.29. The van der Waals surface area contributed by atoms with E-state index in [1.165, 1.54) is 0 Å². The first-order valence-corrected chi connectivity index (χ1v) is 10.6. The molecule has 0 spiro atoms. The maximum absolute atomic E-state index is 12.9. The van der Waals surface area contributed by atoms with Crippen LogP contribution in [-0.4, -0.2) is 49.0 Å². The number of amides is 1. The lowest BCUT2D eigenvalue weighted by Gasteiger charge is -2.42. The molecule has 2 aromatic carbocycles. The molecule has 2 aliphatic rings. The summed E-state index contributed by atoms with van der Waals surface area (Å²) >= 11 is 0. The second-order valence-electron chi connectivity index (χ2n) is 8.18. The predicted octanol–water partition coefficient (Wildman–Crippen LogP) is 3.42. The average molecular weight is 411 g/mol. The fraction of sp³-hybridized carbons (Fsp3) is 0.458. The van der Waals surface area contributed by atoms with Gasteiger partial charge in [-0.05, 0) is 55.5 Å². The summed E-state index contributed by atoms with van der Waals surface area (Å²) in [4.78, 5) is 14.8. The predicted molar refractivity (Wildman–Crippen MR) is 113 cm³/mol. The van der Waals surface area contributed by atoms with Crippen LogP contribution in [0.1, 0.15) is 31.2 Å². The minimum absolute atomic E-state index is 0.0666. The number of benzene rings is 2. The monoisotopic (exact) mass is 411 g/mol. The number of ether oxygens (including phenoxy) is 3. The number of carbonyl (C=O) groups is 1. The van der Waals surface area contributed by atoms with Crippen molar-refractivity contribution < 1.29 is 24.1 Å². The van der Waals surface area contributed by atoms with Gasteiger partial charge in [-0.2, -0.15) is 0 Å². The van der Waals surface area contributed by atoms with E-state index in [1.54, 1.807) is 0 Å². The van der Waals surface area contributed by atoms with E-state index in [-0.39, 0.29) is 24.7 Å². The molecule has 2 heterocycles. The van der Waals surface area contributed by atoms with Gasteiger partial charge in [-0.25, -0.2) is 0 Å². The van der Waals surface area contributed by atoms with Crippen LogP contribution in [-0.2, 0) is 11.2 Å². The van der Waals surface area contributed by atoms with Crippen molar-refractivity contribution in [1.29, 1.82) is 0 Å². The summed E-state index contributed by atoms with van der Waals surface area (Å²) in [5.74, 6) is 2.47. The maximum atomic E-state index is 12.9. The molecule has 4 rings (SSSR count). The van der Waals surface area contributed by atoms with Gasteiger partial charge in [0, 0.05) is 24.9 Å². The Morgan fingerprint density at radius 3 is 2.80 bits per heavy atom. The third-order valence-electron chi connectivity index (χ3n) is 6.06. The number of fused-ring (bicyclic) bond motifs is 1. The lowest BCUT2D eigenvalue weighted by molar-refractivity contribution is -0.135. The SMILES string of the molecule is O=C(CCc1ccc2c(c1)OCO2)N1CCC[C@@](CO)(CCOc2ccccc2)C1. The van der Waals surface area contributed by atoms with E-state index in [2.05, 4.69) is 0 Å². The van der Waals surface area contributed by atoms with Crippen molar-refractivity contribution >= 4 is 5.91 Å². The fourth-order valence-corrected chi connectivity index (χ4v) is 4.24. The van der Waals surface area contributed by atoms with Crippen molar-refractivity contribution in [2.24, 2.45) is 5.41 Å². The highest BCUT2D eigenvalue weighted by molar-refractivity contribution is 5.76. The van der Waals surface area contributed by atoms with Crippen LogP contribution < -0.4 is 14.2 Å². The van der Waals surface area contributed by atoms with E-state index in [1.807, 2.05) is 53.4 Å². The quantitative estimate of drug-likeness (QED) is 0.721. The van der Waals surface area contributed by atoms with Gasteiger partial charge >= 0.3 is 0 Å². The number of hydrogen-bond acceptors (Lipinski definition) is 5. The van der Waals surface area contributed by atoms with Gasteiger partial charge in [0.2, 0.25) is 12.7 Å². The Morgan fingerprint density at radius 1 is 1.13 bits per heavy atom. The first kappa shape index (κ1) is 20.5. The zero-order valence-electron chi connectivity index (χ0n) is 17.2. The number of likely N-dealkylation sites (tertiary alicyclic amines) is 1. The average Bonchev–Trinajstić information content (AvgIpc) is 3.26. The number of nitrogens with zero attached hydrogens (tertiary/aromatic N) is 1. The molecule has 6 nitrogen and oxygen atoms in total. The molecular weight excluding hydrogens is 382 g/mol. The molecule has 1 saturated heterocycles. The zero-order valence-corrected chi connectivity index (χ0v) is 17.2. The molecule has 0 unspecified atom stereocenters. The van der Waals surface area contributed by atoms with Crippen LogP contribution in [0.15, 0.2) is 48.5 Å². The van der Waals surface area contributed by atoms with Crippen LogP contribution >= 0.6 is 0 Å². The van der Waals surface area contributed by atoms with Gasteiger partial charge in [0.1, 0.15) is 5.75 Å². The van der Waals surface area contributed by atoms with Crippen molar-refractivity contribution in [3.05, 3.63) is 54.1 Å². The van der Waals surface area contributed by atoms with Crippen LogP contribution in [0.5, 0.6) is 17.2 Å². The van der Waals surface area contributed by atoms with E-state index in [9.17, 15) is 9.90 Å². The first-order valence-electron chi connectivity index (χ1n) is 10.6.